The Hall–Kier alpha value is -1.93. The molecule has 0 aliphatic rings. The minimum Gasteiger partial charge on any atom is -0.495 e. The highest BCUT2D eigenvalue weighted by Crippen LogP contribution is 2.30. The molecule has 0 aliphatic heterocycles. The van der Waals surface area contributed by atoms with Crippen LogP contribution in [0.1, 0.15) is 0 Å². The summed E-state index contributed by atoms with van der Waals surface area (Å²) in [5.74, 6) is 1.36. The summed E-state index contributed by atoms with van der Waals surface area (Å²) >= 11 is 6.60. The van der Waals surface area contributed by atoms with E-state index < -0.39 is 0 Å². The first-order valence-electron chi connectivity index (χ1n) is 6.39. The van der Waals surface area contributed by atoms with Gasteiger partial charge in [-0.15, -0.1) is 0 Å². The van der Waals surface area contributed by atoms with Crippen LogP contribution in [0.25, 0.3) is 0 Å². The maximum absolute atomic E-state index is 5.58. The van der Waals surface area contributed by atoms with Gasteiger partial charge in [-0.25, -0.2) is 4.99 Å². The number of nitrogen functional groups attached to an aromatic ring is 1. The number of nitrogens with zero attached hydrogens (tertiary/aromatic N) is 1. The van der Waals surface area contributed by atoms with Crippen LogP contribution in [0.2, 0.25) is 0 Å². The first-order chi connectivity index (χ1) is 10.9. The third-order valence-electron chi connectivity index (χ3n) is 2.58. The van der Waals surface area contributed by atoms with Gasteiger partial charge >= 0.3 is 0 Å². The van der Waals surface area contributed by atoms with Crippen LogP contribution in [0.3, 0.4) is 0 Å². The Bertz CT molecular complexity index is 689. The van der Waals surface area contributed by atoms with E-state index in [0.717, 1.165) is 8.95 Å². The van der Waals surface area contributed by atoms with Gasteiger partial charge in [-0.2, -0.15) is 0 Å². The molecule has 2 rings (SSSR count). The minimum atomic E-state index is 0.0106. The standard InChI is InChI=1S/C8H10BrN3O.C7H8BrNO/c1-13-7-3-2-5(9)4-6(7)12-8(10)11;1-10-7-3-2-5(8)4-6(7)9/h2-4H,1H3,(H4,10,11,12);2-4H,9H2,1H3. The molecule has 2 aromatic carbocycles. The van der Waals surface area contributed by atoms with Crippen LogP contribution in [-0.4, -0.2) is 20.2 Å². The van der Waals surface area contributed by atoms with Gasteiger partial charge in [0, 0.05) is 8.95 Å². The van der Waals surface area contributed by atoms with Crippen LogP contribution in [0.4, 0.5) is 11.4 Å². The third-order valence-corrected chi connectivity index (χ3v) is 3.57. The molecule has 0 fully saturated rings. The van der Waals surface area contributed by atoms with Crippen LogP contribution in [-0.2, 0) is 0 Å². The number of anilines is 1. The lowest BCUT2D eigenvalue weighted by Gasteiger charge is -2.04. The summed E-state index contributed by atoms with van der Waals surface area (Å²) in [6.07, 6.45) is 0. The van der Waals surface area contributed by atoms with Crippen molar-refractivity contribution in [3.8, 4) is 11.5 Å². The predicted molar refractivity (Wildman–Crippen MR) is 101 cm³/mol. The molecule has 0 atom stereocenters. The zero-order chi connectivity index (χ0) is 17.4. The quantitative estimate of drug-likeness (QED) is 0.381. The Kier molecular flexibility index (Phi) is 7.70. The van der Waals surface area contributed by atoms with Gasteiger partial charge in [-0.05, 0) is 36.4 Å². The van der Waals surface area contributed by atoms with Crippen molar-refractivity contribution in [1.29, 1.82) is 0 Å². The summed E-state index contributed by atoms with van der Waals surface area (Å²) in [5, 5.41) is 0. The highest BCUT2D eigenvalue weighted by atomic mass is 79.9. The molecule has 124 valence electrons. The zero-order valence-electron chi connectivity index (χ0n) is 12.7. The Morgan fingerprint density at radius 1 is 0.913 bits per heavy atom. The fourth-order valence-electron chi connectivity index (χ4n) is 1.59. The van der Waals surface area contributed by atoms with Crippen molar-refractivity contribution >= 4 is 49.2 Å². The number of ether oxygens (including phenoxy) is 2. The molecular formula is C15H18Br2N4O2. The maximum Gasteiger partial charge on any atom is 0.191 e. The number of hydrogen-bond acceptors (Lipinski definition) is 4. The van der Waals surface area contributed by atoms with Crippen molar-refractivity contribution in [3.63, 3.8) is 0 Å². The van der Waals surface area contributed by atoms with Gasteiger partial charge in [0.15, 0.2) is 5.96 Å². The molecule has 0 heterocycles. The van der Waals surface area contributed by atoms with Crippen LogP contribution < -0.4 is 26.7 Å². The molecule has 0 spiro atoms. The van der Waals surface area contributed by atoms with Crippen LogP contribution in [0, 0.1) is 0 Å². The lowest BCUT2D eigenvalue weighted by Crippen LogP contribution is -2.21. The first-order valence-corrected chi connectivity index (χ1v) is 7.98. The topological polar surface area (TPSA) is 109 Å². The number of guanidine groups is 1. The predicted octanol–water partition coefficient (Wildman–Crippen LogP) is 3.40. The summed E-state index contributed by atoms with van der Waals surface area (Å²) in [7, 11) is 3.16. The number of halogens is 2. The van der Waals surface area contributed by atoms with E-state index in [1.54, 1.807) is 32.4 Å². The van der Waals surface area contributed by atoms with E-state index in [2.05, 4.69) is 36.9 Å². The smallest absolute Gasteiger partial charge is 0.191 e. The molecule has 0 amide bonds. The summed E-state index contributed by atoms with van der Waals surface area (Å²) in [5.41, 5.74) is 17.3. The normalized spacial score (nSPS) is 9.39. The van der Waals surface area contributed by atoms with Crippen molar-refractivity contribution in [2.45, 2.75) is 0 Å². The number of aliphatic imine (C=N–C) groups is 1. The molecule has 8 heteroatoms. The molecular weight excluding hydrogens is 428 g/mol. The highest BCUT2D eigenvalue weighted by molar-refractivity contribution is 9.10. The van der Waals surface area contributed by atoms with E-state index >= 15 is 0 Å². The first kappa shape index (κ1) is 19.1. The van der Waals surface area contributed by atoms with Gasteiger partial charge in [0.25, 0.3) is 0 Å². The molecule has 0 radical (unpaired) electrons. The summed E-state index contributed by atoms with van der Waals surface area (Å²) in [6.45, 7) is 0. The van der Waals surface area contributed by atoms with Gasteiger partial charge in [0.1, 0.15) is 17.2 Å². The minimum absolute atomic E-state index is 0.0106. The Morgan fingerprint density at radius 3 is 1.91 bits per heavy atom. The van der Waals surface area contributed by atoms with Crippen molar-refractivity contribution in [2.75, 3.05) is 20.0 Å². The molecule has 0 bridgehead atoms. The lowest BCUT2D eigenvalue weighted by molar-refractivity contribution is 0.416. The van der Waals surface area contributed by atoms with Gasteiger partial charge in [-0.1, -0.05) is 31.9 Å². The fraction of sp³-hybridized carbons (Fsp3) is 0.133. The summed E-state index contributed by atoms with van der Waals surface area (Å²) < 4.78 is 11.9. The van der Waals surface area contributed by atoms with E-state index in [0.29, 0.717) is 22.9 Å². The molecule has 0 unspecified atom stereocenters. The van der Waals surface area contributed by atoms with Crippen molar-refractivity contribution in [2.24, 2.45) is 16.5 Å². The zero-order valence-corrected chi connectivity index (χ0v) is 15.9. The van der Waals surface area contributed by atoms with Crippen molar-refractivity contribution in [3.05, 3.63) is 45.3 Å². The van der Waals surface area contributed by atoms with Gasteiger partial charge < -0.3 is 26.7 Å². The van der Waals surface area contributed by atoms with Gasteiger partial charge in [-0.3, -0.25) is 0 Å². The summed E-state index contributed by atoms with van der Waals surface area (Å²) in [6, 6.07) is 10.9. The van der Waals surface area contributed by atoms with E-state index in [-0.39, 0.29) is 5.96 Å². The van der Waals surface area contributed by atoms with Crippen LogP contribution in [0.5, 0.6) is 11.5 Å². The molecule has 2 aromatic rings. The Balaban J connectivity index is 0.000000238. The van der Waals surface area contributed by atoms with Crippen LogP contribution >= 0.6 is 31.9 Å². The number of nitrogens with two attached hydrogens (primary N) is 3. The van der Waals surface area contributed by atoms with Crippen molar-refractivity contribution < 1.29 is 9.47 Å². The second-order valence-electron chi connectivity index (χ2n) is 4.24. The molecule has 0 aliphatic carbocycles. The second kappa shape index (κ2) is 9.26. The van der Waals surface area contributed by atoms with Crippen LogP contribution in [0.15, 0.2) is 50.3 Å². The molecule has 0 saturated carbocycles. The monoisotopic (exact) mass is 444 g/mol. The molecule has 23 heavy (non-hydrogen) atoms. The largest absolute Gasteiger partial charge is 0.495 e. The molecule has 6 nitrogen and oxygen atoms in total. The van der Waals surface area contributed by atoms with E-state index in [1.165, 1.54) is 0 Å². The van der Waals surface area contributed by atoms with E-state index in [4.69, 9.17) is 26.7 Å². The SMILES string of the molecule is COc1ccc(Br)cc1N.COc1ccc(Br)cc1N=C(N)N. The highest BCUT2D eigenvalue weighted by Gasteiger charge is 2.01. The fourth-order valence-corrected chi connectivity index (χ4v) is 2.32. The van der Waals surface area contributed by atoms with Gasteiger partial charge in [0.2, 0.25) is 0 Å². The maximum atomic E-state index is 5.58. The number of benzene rings is 2. The average Bonchev–Trinajstić information content (AvgIpc) is 2.47. The van der Waals surface area contributed by atoms with Gasteiger partial charge in [0.05, 0.1) is 19.9 Å². The number of hydrogen-bond donors (Lipinski definition) is 3. The third kappa shape index (κ3) is 6.37. The number of rotatable bonds is 3. The Labute approximate surface area is 151 Å². The molecule has 0 aromatic heterocycles. The average molecular weight is 446 g/mol. The molecule has 0 saturated heterocycles. The molecule has 6 N–H and O–H groups in total. The number of methoxy groups -OCH3 is 2. The summed E-state index contributed by atoms with van der Waals surface area (Å²) in [4.78, 5) is 3.91. The lowest BCUT2D eigenvalue weighted by atomic mass is 10.3. The van der Waals surface area contributed by atoms with E-state index in [1.807, 2.05) is 18.2 Å². The Morgan fingerprint density at radius 2 is 1.43 bits per heavy atom. The van der Waals surface area contributed by atoms with E-state index in [9.17, 15) is 0 Å². The second-order valence-corrected chi connectivity index (χ2v) is 6.07. The van der Waals surface area contributed by atoms with Crippen molar-refractivity contribution in [1.82, 2.24) is 0 Å².